The predicted octanol–water partition coefficient (Wildman–Crippen LogP) is 2.90. The third-order valence-corrected chi connectivity index (χ3v) is 4.87. The van der Waals surface area contributed by atoms with Crippen molar-refractivity contribution < 1.29 is 4.39 Å². The predicted molar refractivity (Wildman–Crippen MR) is 70.5 cm³/mol. The minimum absolute atomic E-state index is 0.251. The van der Waals surface area contributed by atoms with Crippen LogP contribution in [0.1, 0.15) is 24.8 Å². The third kappa shape index (κ3) is 2.40. The highest BCUT2D eigenvalue weighted by Crippen LogP contribution is 2.55. The van der Waals surface area contributed by atoms with Crippen LogP contribution in [0.25, 0.3) is 0 Å². The lowest BCUT2D eigenvalue weighted by Crippen LogP contribution is -2.42. The molecule has 1 aromatic carbocycles. The third-order valence-electron chi connectivity index (χ3n) is 4.52. The summed E-state index contributed by atoms with van der Waals surface area (Å²) in [5, 5.41) is 0.499. The first-order valence-electron chi connectivity index (χ1n) is 6.57. The molecule has 2 saturated carbocycles. The second-order valence-electron chi connectivity index (χ2n) is 5.70. The van der Waals surface area contributed by atoms with Crippen molar-refractivity contribution in [3.05, 3.63) is 34.6 Å². The molecule has 2 fully saturated rings. The van der Waals surface area contributed by atoms with E-state index in [0.29, 0.717) is 10.9 Å². The summed E-state index contributed by atoms with van der Waals surface area (Å²) in [6, 6.07) is 4.84. The van der Waals surface area contributed by atoms with Crippen LogP contribution in [0.5, 0.6) is 0 Å². The van der Waals surface area contributed by atoms with E-state index in [-0.39, 0.29) is 11.9 Å². The fraction of sp³-hybridized carbons (Fsp3) is 0.571. The van der Waals surface area contributed by atoms with Gasteiger partial charge >= 0.3 is 0 Å². The van der Waals surface area contributed by atoms with Gasteiger partial charge in [-0.2, -0.15) is 0 Å². The number of rotatable bonds is 4. The Morgan fingerprint density at radius 2 is 2.06 bits per heavy atom. The SMILES string of the molecule is NNC(Cc1ccc(F)cc1Cl)C1CC2CC2C1. The molecule has 1 aromatic rings. The fourth-order valence-electron chi connectivity index (χ4n) is 3.38. The van der Waals surface area contributed by atoms with Gasteiger partial charge in [0.25, 0.3) is 0 Å². The first kappa shape index (κ1) is 12.4. The molecule has 2 nitrogen and oxygen atoms in total. The minimum atomic E-state index is -0.289. The van der Waals surface area contributed by atoms with Gasteiger partial charge in [0.05, 0.1) is 0 Å². The van der Waals surface area contributed by atoms with Gasteiger partial charge in [-0.05, 0) is 61.1 Å². The second kappa shape index (κ2) is 4.80. The number of fused-ring (bicyclic) bond motifs is 1. The molecule has 3 rings (SSSR count). The molecule has 3 N–H and O–H groups in total. The van der Waals surface area contributed by atoms with E-state index in [9.17, 15) is 4.39 Å². The largest absolute Gasteiger partial charge is 0.271 e. The normalized spacial score (nSPS) is 31.2. The van der Waals surface area contributed by atoms with Gasteiger partial charge in [-0.15, -0.1) is 0 Å². The van der Waals surface area contributed by atoms with Crippen molar-refractivity contribution in [3.8, 4) is 0 Å². The zero-order valence-corrected chi connectivity index (χ0v) is 11.0. The van der Waals surface area contributed by atoms with E-state index in [1.165, 1.54) is 31.4 Å². The number of nitrogens with one attached hydrogen (secondary N) is 1. The zero-order chi connectivity index (χ0) is 12.7. The minimum Gasteiger partial charge on any atom is -0.271 e. The first-order valence-corrected chi connectivity index (χ1v) is 6.95. The van der Waals surface area contributed by atoms with Crippen LogP contribution in [-0.2, 0) is 6.42 Å². The van der Waals surface area contributed by atoms with E-state index in [1.54, 1.807) is 6.07 Å². The Balaban J connectivity index is 1.69. The Morgan fingerprint density at radius 1 is 1.33 bits per heavy atom. The summed E-state index contributed by atoms with van der Waals surface area (Å²) in [6.07, 6.45) is 4.74. The number of nitrogens with two attached hydrogens (primary N) is 1. The van der Waals surface area contributed by atoms with E-state index in [4.69, 9.17) is 17.4 Å². The average Bonchev–Trinajstić information content (AvgIpc) is 2.95. The molecule has 0 bridgehead atoms. The van der Waals surface area contributed by atoms with Crippen LogP contribution in [-0.4, -0.2) is 6.04 Å². The molecule has 18 heavy (non-hydrogen) atoms. The molecule has 2 aliphatic carbocycles. The molecule has 0 radical (unpaired) electrons. The van der Waals surface area contributed by atoms with Crippen molar-refractivity contribution in [2.45, 2.75) is 31.7 Å². The molecule has 4 heteroatoms. The number of benzene rings is 1. The van der Waals surface area contributed by atoms with Crippen molar-refractivity contribution in [3.63, 3.8) is 0 Å². The van der Waals surface area contributed by atoms with E-state index in [0.717, 1.165) is 23.8 Å². The highest BCUT2D eigenvalue weighted by molar-refractivity contribution is 6.31. The number of halogens is 2. The van der Waals surface area contributed by atoms with E-state index in [1.807, 2.05) is 0 Å². The first-order chi connectivity index (χ1) is 8.67. The van der Waals surface area contributed by atoms with Crippen molar-refractivity contribution in [2.75, 3.05) is 0 Å². The Bertz CT molecular complexity index is 441. The lowest BCUT2D eigenvalue weighted by atomic mass is 9.90. The highest BCUT2D eigenvalue weighted by atomic mass is 35.5. The van der Waals surface area contributed by atoms with Gasteiger partial charge < -0.3 is 0 Å². The molecule has 0 aliphatic heterocycles. The summed E-state index contributed by atoms with van der Waals surface area (Å²) >= 11 is 6.07. The lowest BCUT2D eigenvalue weighted by molar-refractivity contribution is 0.336. The Morgan fingerprint density at radius 3 is 2.67 bits per heavy atom. The summed E-state index contributed by atoms with van der Waals surface area (Å²) in [7, 11) is 0. The maximum Gasteiger partial charge on any atom is 0.124 e. The standard InChI is InChI=1S/C14H18ClFN2/c15-13-7-12(16)2-1-8(13)6-14(18-17)11-4-9-3-10(9)5-11/h1-2,7,9-11,14,18H,3-6,17H2. The Labute approximate surface area is 112 Å². The summed E-state index contributed by atoms with van der Waals surface area (Å²) in [5.41, 5.74) is 3.90. The topological polar surface area (TPSA) is 38.0 Å². The molecule has 2 aliphatic rings. The average molecular weight is 269 g/mol. The van der Waals surface area contributed by atoms with Crippen LogP contribution < -0.4 is 11.3 Å². The highest BCUT2D eigenvalue weighted by Gasteiger charge is 2.47. The molecular formula is C14H18ClFN2. The van der Waals surface area contributed by atoms with E-state index < -0.39 is 0 Å². The number of hydrogen-bond donors (Lipinski definition) is 2. The van der Waals surface area contributed by atoms with Gasteiger partial charge in [-0.25, -0.2) is 4.39 Å². The quantitative estimate of drug-likeness (QED) is 0.651. The second-order valence-corrected chi connectivity index (χ2v) is 6.11. The maximum absolute atomic E-state index is 13.0. The van der Waals surface area contributed by atoms with Gasteiger partial charge in [-0.3, -0.25) is 11.3 Å². The molecule has 98 valence electrons. The summed E-state index contributed by atoms with van der Waals surface area (Å²) in [5.74, 6) is 7.90. The van der Waals surface area contributed by atoms with Crippen molar-refractivity contribution in [1.29, 1.82) is 0 Å². The van der Waals surface area contributed by atoms with Gasteiger partial charge in [0, 0.05) is 11.1 Å². The molecular weight excluding hydrogens is 251 g/mol. The van der Waals surface area contributed by atoms with E-state index >= 15 is 0 Å². The molecule has 3 atom stereocenters. The van der Waals surface area contributed by atoms with Gasteiger partial charge in [0.1, 0.15) is 5.82 Å². The molecule has 0 saturated heterocycles. The smallest absolute Gasteiger partial charge is 0.124 e. The van der Waals surface area contributed by atoms with Crippen LogP contribution in [0.15, 0.2) is 18.2 Å². The van der Waals surface area contributed by atoms with Crippen LogP contribution >= 0.6 is 11.6 Å². The van der Waals surface area contributed by atoms with Crippen LogP contribution in [0.3, 0.4) is 0 Å². The monoisotopic (exact) mass is 268 g/mol. The fourth-order valence-corrected chi connectivity index (χ4v) is 3.62. The van der Waals surface area contributed by atoms with Crippen molar-refractivity contribution >= 4 is 11.6 Å². The van der Waals surface area contributed by atoms with Gasteiger partial charge in [0.2, 0.25) is 0 Å². The molecule has 0 aromatic heterocycles. The molecule has 3 unspecified atom stereocenters. The van der Waals surface area contributed by atoms with Gasteiger partial charge in [-0.1, -0.05) is 17.7 Å². The maximum atomic E-state index is 13.0. The molecule has 0 heterocycles. The molecule has 0 spiro atoms. The number of hydrazine groups is 1. The zero-order valence-electron chi connectivity index (χ0n) is 10.2. The van der Waals surface area contributed by atoms with Crippen LogP contribution in [0.2, 0.25) is 5.02 Å². The van der Waals surface area contributed by atoms with Crippen LogP contribution in [0.4, 0.5) is 4.39 Å². The number of hydrogen-bond acceptors (Lipinski definition) is 2. The van der Waals surface area contributed by atoms with Crippen molar-refractivity contribution in [2.24, 2.45) is 23.6 Å². The Kier molecular flexibility index (Phi) is 3.31. The van der Waals surface area contributed by atoms with E-state index in [2.05, 4.69) is 5.43 Å². The summed E-state index contributed by atoms with van der Waals surface area (Å²) < 4.78 is 13.0. The lowest BCUT2D eigenvalue weighted by Gasteiger charge is -2.24. The Hall–Kier alpha value is -0.640. The summed E-state index contributed by atoms with van der Waals surface area (Å²) in [4.78, 5) is 0. The van der Waals surface area contributed by atoms with Crippen LogP contribution in [0, 0.1) is 23.6 Å². The van der Waals surface area contributed by atoms with Gasteiger partial charge in [0.15, 0.2) is 0 Å². The van der Waals surface area contributed by atoms with Crippen molar-refractivity contribution in [1.82, 2.24) is 5.43 Å². The summed E-state index contributed by atoms with van der Waals surface area (Å²) in [6.45, 7) is 0. The molecule has 0 amide bonds.